The van der Waals surface area contributed by atoms with Crippen molar-refractivity contribution in [3.05, 3.63) is 52.3 Å². The molecular formula is C19H18BrFN2O3. The molecule has 0 radical (unpaired) electrons. The first-order chi connectivity index (χ1) is 12.4. The molecule has 0 aromatic heterocycles. The Morgan fingerprint density at radius 2 is 2.12 bits per heavy atom. The first-order valence-electron chi connectivity index (χ1n) is 8.23. The van der Waals surface area contributed by atoms with E-state index in [4.69, 9.17) is 4.74 Å². The second-order valence-electron chi connectivity index (χ2n) is 6.08. The lowest BCUT2D eigenvalue weighted by Crippen LogP contribution is -2.39. The molecule has 0 unspecified atom stereocenters. The Morgan fingerprint density at radius 3 is 2.88 bits per heavy atom. The second-order valence-corrected chi connectivity index (χ2v) is 7.00. The predicted molar refractivity (Wildman–Crippen MR) is 101 cm³/mol. The molecule has 3 rings (SSSR count). The molecule has 2 amide bonds. The normalized spacial score (nSPS) is 13.2. The molecule has 0 spiro atoms. The summed E-state index contributed by atoms with van der Waals surface area (Å²) >= 11 is 3.17. The topological polar surface area (TPSA) is 58.6 Å². The number of nitrogens with zero attached hydrogens (tertiary/aromatic N) is 1. The molecule has 0 fully saturated rings. The van der Waals surface area contributed by atoms with Crippen molar-refractivity contribution < 1.29 is 18.7 Å². The Kier molecular flexibility index (Phi) is 5.56. The monoisotopic (exact) mass is 420 g/mol. The molecule has 0 saturated carbocycles. The molecule has 1 N–H and O–H groups in total. The fraction of sp³-hybridized carbons (Fsp3) is 0.263. The summed E-state index contributed by atoms with van der Waals surface area (Å²) < 4.78 is 19.8. The van der Waals surface area contributed by atoms with Crippen LogP contribution in [0.1, 0.15) is 18.4 Å². The maximum Gasteiger partial charge on any atom is 0.265 e. The number of rotatable bonds is 5. The van der Waals surface area contributed by atoms with Crippen molar-refractivity contribution in [3.8, 4) is 5.75 Å². The van der Waals surface area contributed by atoms with Crippen molar-refractivity contribution in [3.63, 3.8) is 0 Å². The molecule has 1 heterocycles. The third-order valence-corrected chi connectivity index (χ3v) is 4.54. The van der Waals surface area contributed by atoms with Gasteiger partial charge in [-0.3, -0.25) is 9.59 Å². The maximum absolute atomic E-state index is 13.8. The number of hydrogen-bond acceptors (Lipinski definition) is 3. The van der Waals surface area contributed by atoms with Crippen molar-refractivity contribution >= 4 is 39.1 Å². The SMILES string of the molecule is Cc1ccc2c(c1)N(CCCC(=O)Nc1ccc(Br)cc1F)C(=O)CO2. The average molecular weight is 421 g/mol. The molecule has 2 aromatic carbocycles. The Balaban J connectivity index is 1.58. The van der Waals surface area contributed by atoms with E-state index in [1.165, 1.54) is 12.1 Å². The molecule has 5 nitrogen and oxygen atoms in total. The number of amides is 2. The van der Waals surface area contributed by atoms with Gasteiger partial charge in [0.05, 0.1) is 11.4 Å². The second kappa shape index (κ2) is 7.86. The lowest BCUT2D eigenvalue weighted by molar-refractivity contribution is -0.121. The number of halogens is 2. The van der Waals surface area contributed by atoms with Gasteiger partial charge in [-0.15, -0.1) is 0 Å². The van der Waals surface area contributed by atoms with Crippen LogP contribution >= 0.6 is 15.9 Å². The van der Waals surface area contributed by atoms with Crippen LogP contribution in [0.3, 0.4) is 0 Å². The van der Waals surface area contributed by atoms with Crippen LogP contribution in [0.2, 0.25) is 0 Å². The molecule has 1 aliphatic rings. The van der Waals surface area contributed by atoms with Gasteiger partial charge in [-0.25, -0.2) is 4.39 Å². The van der Waals surface area contributed by atoms with Gasteiger partial charge in [0.2, 0.25) is 5.91 Å². The summed E-state index contributed by atoms with van der Waals surface area (Å²) in [6.45, 7) is 2.33. The molecule has 0 bridgehead atoms. The maximum atomic E-state index is 13.8. The van der Waals surface area contributed by atoms with Crippen LogP contribution < -0.4 is 15.0 Å². The number of carbonyl (C=O) groups is 2. The van der Waals surface area contributed by atoms with Gasteiger partial charge < -0.3 is 15.0 Å². The van der Waals surface area contributed by atoms with Crippen LogP contribution in [-0.2, 0) is 9.59 Å². The summed E-state index contributed by atoms with van der Waals surface area (Å²) in [5.74, 6) is -0.268. The molecule has 0 saturated heterocycles. The fourth-order valence-corrected chi connectivity index (χ4v) is 3.09. The van der Waals surface area contributed by atoms with E-state index >= 15 is 0 Å². The number of nitrogens with one attached hydrogen (secondary N) is 1. The number of anilines is 2. The van der Waals surface area contributed by atoms with E-state index in [0.717, 1.165) is 11.3 Å². The van der Waals surface area contributed by atoms with E-state index in [-0.39, 0.29) is 30.5 Å². The number of fused-ring (bicyclic) bond motifs is 1. The summed E-state index contributed by atoms with van der Waals surface area (Å²) in [5.41, 5.74) is 1.89. The van der Waals surface area contributed by atoms with Crippen LogP contribution in [-0.4, -0.2) is 25.0 Å². The summed E-state index contributed by atoms with van der Waals surface area (Å²) in [4.78, 5) is 25.9. The largest absolute Gasteiger partial charge is 0.482 e. The minimum absolute atomic E-state index is 0.00758. The summed E-state index contributed by atoms with van der Waals surface area (Å²) in [5, 5.41) is 2.55. The highest BCUT2D eigenvalue weighted by Gasteiger charge is 2.25. The van der Waals surface area contributed by atoms with Crippen LogP contribution in [0, 0.1) is 12.7 Å². The molecule has 136 valence electrons. The van der Waals surface area contributed by atoms with E-state index in [2.05, 4.69) is 21.2 Å². The average Bonchev–Trinajstić information content (AvgIpc) is 2.59. The molecule has 0 atom stereocenters. The minimum atomic E-state index is -0.500. The number of aryl methyl sites for hydroxylation is 1. The van der Waals surface area contributed by atoms with Crippen molar-refractivity contribution in [1.29, 1.82) is 0 Å². The standard InChI is InChI=1S/C19H18BrFN2O3/c1-12-4-7-17-16(9-12)23(19(25)11-26-17)8-2-3-18(24)22-15-6-5-13(20)10-14(15)21/h4-7,9-10H,2-3,8,11H2,1H3,(H,22,24). The van der Waals surface area contributed by atoms with Gasteiger partial charge in [0.25, 0.3) is 5.91 Å². The van der Waals surface area contributed by atoms with Gasteiger partial charge in [0.1, 0.15) is 11.6 Å². The zero-order chi connectivity index (χ0) is 18.7. The third-order valence-electron chi connectivity index (χ3n) is 4.05. The van der Waals surface area contributed by atoms with Gasteiger partial charge in [-0.2, -0.15) is 0 Å². The van der Waals surface area contributed by atoms with Crippen molar-refractivity contribution in [1.82, 2.24) is 0 Å². The molecular weight excluding hydrogens is 403 g/mol. The zero-order valence-electron chi connectivity index (χ0n) is 14.2. The number of hydrogen-bond donors (Lipinski definition) is 1. The van der Waals surface area contributed by atoms with Gasteiger partial charge in [-0.05, 0) is 49.2 Å². The number of carbonyl (C=O) groups excluding carboxylic acids is 2. The molecule has 1 aliphatic heterocycles. The highest BCUT2D eigenvalue weighted by Crippen LogP contribution is 2.33. The molecule has 26 heavy (non-hydrogen) atoms. The summed E-state index contributed by atoms with van der Waals surface area (Å²) in [7, 11) is 0. The van der Waals surface area contributed by atoms with Crippen LogP contribution in [0.15, 0.2) is 40.9 Å². The molecule has 2 aromatic rings. The first kappa shape index (κ1) is 18.4. The van der Waals surface area contributed by atoms with Crippen molar-refractivity contribution in [2.75, 3.05) is 23.4 Å². The van der Waals surface area contributed by atoms with Gasteiger partial charge in [0.15, 0.2) is 6.61 Å². The van der Waals surface area contributed by atoms with Gasteiger partial charge >= 0.3 is 0 Å². The highest BCUT2D eigenvalue weighted by atomic mass is 79.9. The zero-order valence-corrected chi connectivity index (χ0v) is 15.8. The van der Waals surface area contributed by atoms with E-state index in [0.29, 0.717) is 23.2 Å². The Morgan fingerprint density at radius 1 is 1.31 bits per heavy atom. The Labute approximate surface area is 159 Å². The van der Waals surface area contributed by atoms with Gasteiger partial charge in [0, 0.05) is 17.4 Å². The molecule has 0 aliphatic carbocycles. The predicted octanol–water partition coefficient (Wildman–Crippen LogP) is 4.04. The van der Waals surface area contributed by atoms with Crippen LogP contribution in [0.4, 0.5) is 15.8 Å². The number of benzene rings is 2. The highest BCUT2D eigenvalue weighted by molar-refractivity contribution is 9.10. The van der Waals surface area contributed by atoms with E-state index < -0.39 is 5.82 Å². The van der Waals surface area contributed by atoms with Crippen molar-refractivity contribution in [2.24, 2.45) is 0 Å². The summed E-state index contributed by atoms with van der Waals surface area (Å²) in [6.07, 6.45) is 0.643. The Hall–Kier alpha value is -2.41. The van der Waals surface area contributed by atoms with Gasteiger partial charge in [-0.1, -0.05) is 22.0 Å². The van der Waals surface area contributed by atoms with Crippen LogP contribution in [0.25, 0.3) is 0 Å². The van der Waals surface area contributed by atoms with E-state index in [1.807, 2.05) is 25.1 Å². The van der Waals surface area contributed by atoms with E-state index in [1.54, 1.807) is 11.0 Å². The number of ether oxygens (including phenoxy) is 1. The lowest BCUT2D eigenvalue weighted by atomic mass is 10.1. The fourth-order valence-electron chi connectivity index (χ4n) is 2.76. The minimum Gasteiger partial charge on any atom is -0.482 e. The molecule has 7 heteroatoms. The third kappa shape index (κ3) is 4.22. The van der Waals surface area contributed by atoms with E-state index in [9.17, 15) is 14.0 Å². The quantitative estimate of drug-likeness (QED) is 0.793. The lowest BCUT2D eigenvalue weighted by Gasteiger charge is -2.29. The van der Waals surface area contributed by atoms with Crippen molar-refractivity contribution in [2.45, 2.75) is 19.8 Å². The Bertz CT molecular complexity index is 857. The van der Waals surface area contributed by atoms with Crippen LogP contribution in [0.5, 0.6) is 5.75 Å². The smallest absolute Gasteiger partial charge is 0.265 e. The first-order valence-corrected chi connectivity index (χ1v) is 9.02. The summed E-state index contributed by atoms with van der Waals surface area (Å²) in [6, 6.07) is 10.1.